The van der Waals surface area contributed by atoms with E-state index in [2.05, 4.69) is 0 Å². The predicted molar refractivity (Wildman–Crippen MR) is 54.3 cm³/mol. The summed E-state index contributed by atoms with van der Waals surface area (Å²) in [7, 11) is 0. The van der Waals surface area contributed by atoms with Crippen LogP contribution in [0.25, 0.3) is 0 Å². The lowest BCUT2D eigenvalue weighted by molar-refractivity contribution is -0.134. The summed E-state index contributed by atoms with van der Waals surface area (Å²) in [6.45, 7) is 1.16. The Morgan fingerprint density at radius 2 is 2.00 bits per heavy atom. The second-order valence-corrected chi connectivity index (χ2v) is 3.67. The molecule has 0 bridgehead atoms. The summed E-state index contributed by atoms with van der Waals surface area (Å²) < 4.78 is 5.36. The molecule has 88 valence electrons. The van der Waals surface area contributed by atoms with Gasteiger partial charge in [-0.1, -0.05) is 0 Å². The molecule has 0 aromatic heterocycles. The van der Waals surface area contributed by atoms with Crippen molar-refractivity contribution < 1.29 is 19.7 Å². The van der Waals surface area contributed by atoms with Crippen molar-refractivity contribution in [2.24, 2.45) is 0 Å². The standard InChI is InChI=1S/C10H19NO4/c12-5-3-11(4-6-13)10(14)8-9-2-1-7-15-9/h9,12-13H,1-8H2. The maximum atomic E-state index is 11.7. The molecule has 0 spiro atoms. The van der Waals surface area contributed by atoms with Gasteiger partial charge in [-0.25, -0.2) is 0 Å². The minimum absolute atomic E-state index is 0.0254. The Bertz CT molecular complexity index is 186. The zero-order chi connectivity index (χ0) is 11.1. The van der Waals surface area contributed by atoms with Gasteiger partial charge in [0, 0.05) is 19.7 Å². The molecule has 2 N–H and O–H groups in total. The first-order valence-electron chi connectivity index (χ1n) is 5.39. The third-order valence-corrected chi connectivity index (χ3v) is 2.52. The van der Waals surface area contributed by atoms with Gasteiger partial charge in [-0.05, 0) is 12.8 Å². The van der Waals surface area contributed by atoms with Gasteiger partial charge in [-0.3, -0.25) is 4.79 Å². The van der Waals surface area contributed by atoms with Crippen LogP contribution in [0, 0.1) is 0 Å². The van der Waals surface area contributed by atoms with Crippen LogP contribution < -0.4 is 0 Å². The van der Waals surface area contributed by atoms with Crippen molar-refractivity contribution in [2.45, 2.75) is 25.4 Å². The van der Waals surface area contributed by atoms with E-state index in [0.29, 0.717) is 6.42 Å². The molecule has 1 unspecified atom stereocenters. The normalized spacial score (nSPS) is 20.5. The number of ether oxygens (including phenoxy) is 1. The second kappa shape index (κ2) is 6.76. The first kappa shape index (κ1) is 12.4. The molecule has 1 aliphatic heterocycles. The topological polar surface area (TPSA) is 70.0 Å². The van der Waals surface area contributed by atoms with E-state index in [1.807, 2.05) is 0 Å². The maximum absolute atomic E-state index is 11.7. The molecule has 1 rings (SSSR count). The molecule has 0 saturated carbocycles. The van der Waals surface area contributed by atoms with E-state index in [1.165, 1.54) is 4.90 Å². The fourth-order valence-electron chi connectivity index (χ4n) is 1.73. The van der Waals surface area contributed by atoms with E-state index < -0.39 is 0 Å². The van der Waals surface area contributed by atoms with Crippen LogP contribution in [0.3, 0.4) is 0 Å². The molecule has 1 heterocycles. The van der Waals surface area contributed by atoms with Crippen LogP contribution in [0.1, 0.15) is 19.3 Å². The van der Waals surface area contributed by atoms with Gasteiger partial charge < -0.3 is 19.8 Å². The van der Waals surface area contributed by atoms with E-state index >= 15 is 0 Å². The lowest BCUT2D eigenvalue weighted by Crippen LogP contribution is -2.37. The van der Waals surface area contributed by atoms with E-state index in [9.17, 15) is 4.79 Å². The fraction of sp³-hybridized carbons (Fsp3) is 0.900. The average Bonchev–Trinajstić information content (AvgIpc) is 2.70. The van der Waals surface area contributed by atoms with Gasteiger partial charge in [0.25, 0.3) is 0 Å². The van der Waals surface area contributed by atoms with Crippen molar-refractivity contribution in [1.29, 1.82) is 0 Å². The number of rotatable bonds is 6. The lowest BCUT2D eigenvalue weighted by Gasteiger charge is -2.22. The summed E-state index contributed by atoms with van der Waals surface area (Å²) in [5.41, 5.74) is 0. The molecule has 5 heteroatoms. The van der Waals surface area contributed by atoms with Gasteiger partial charge >= 0.3 is 0 Å². The number of carbonyl (C=O) groups excluding carboxylic acids is 1. The largest absolute Gasteiger partial charge is 0.395 e. The highest BCUT2D eigenvalue weighted by Crippen LogP contribution is 2.16. The highest BCUT2D eigenvalue weighted by atomic mass is 16.5. The Hall–Kier alpha value is -0.650. The number of aliphatic hydroxyl groups is 2. The summed E-state index contributed by atoms with van der Waals surface area (Å²) in [6.07, 6.45) is 2.33. The SMILES string of the molecule is O=C(CC1CCCO1)N(CCO)CCO. The summed E-state index contributed by atoms with van der Waals surface area (Å²) >= 11 is 0. The minimum Gasteiger partial charge on any atom is -0.395 e. The molecule has 1 fully saturated rings. The van der Waals surface area contributed by atoms with Crippen LogP contribution in [0.4, 0.5) is 0 Å². The molecule has 0 aromatic carbocycles. The van der Waals surface area contributed by atoms with Crippen molar-refractivity contribution in [1.82, 2.24) is 4.90 Å². The fourth-order valence-corrected chi connectivity index (χ4v) is 1.73. The van der Waals surface area contributed by atoms with Crippen molar-refractivity contribution in [2.75, 3.05) is 32.9 Å². The minimum atomic E-state index is -0.0722. The van der Waals surface area contributed by atoms with E-state index in [-0.39, 0.29) is 38.3 Å². The summed E-state index contributed by atoms with van der Waals surface area (Å²) in [4.78, 5) is 13.2. The van der Waals surface area contributed by atoms with Gasteiger partial charge in [0.1, 0.15) is 0 Å². The van der Waals surface area contributed by atoms with Gasteiger partial charge in [0.2, 0.25) is 5.91 Å². The summed E-state index contributed by atoms with van der Waals surface area (Å²) in [5, 5.41) is 17.5. The maximum Gasteiger partial charge on any atom is 0.225 e. The van der Waals surface area contributed by atoms with Crippen molar-refractivity contribution >= 4 is 5.91 Å². The molecule has 5 nitrogen and oxygen atoms in total. The summed E-state index contributed by atoms with van der Waals surface area (Å²) in [6, 6.07) is 0. The van der Waals surface area contributed by atoms with Crippen LogP contribution in [-0.4, -0.2) is 60.0 Å². The Kier molecular flexibility index (Phi) is 5.60. The highest BCUT2D eigenvalue weighted by Gasteiger charge is 2.22. The monoisotopic (exact) mass is 217 g/mol. The van der Waals surface area contributed by atoms with Crippen LogP contribution in [0.2, 0.25) is 0 Å². The number of aliphatic hydroxyl groups excluding tert-OH is 2. The zero-order valence-electron chi connectivity index (χ0n) is 8.89. The third-order valence-electron chi connectivity index (χ3n) is 2.52. The molecular formula is C10H19NO4. The lowest BCUT2D eigenvalue weighted by atomic mass is 10.1. The van der Waals surface area contributed by atoms with Gasteiger partial charge in [0.15, 0.2) is 0 Å². The number of hydrogen-bond donors (Lipinski definition) is 2. The van der Waals surface area contributed by atoms with Gasteiger partial charge in [0.05, 0.1) is 25.7 Å². The zero-order valence-corrected chi connectivity index (χ0v) is 8.89. The third kappa shape index (κ3) is 4.15. The molecule has 0 aromatic rings. The van der Waals surface area contributed by atoms with Crippen molar-refractivity contribution in [3.05, 3.63) is 0 Å². The van der Waals surface area contributed by atoms with Gasteiger partial charge in [-0.2, -0.15) is 0 Å². The number of amides is 1. The molecule has 15 heavy (non-hydrogen) atoms. The van der Waals surface area contributed by atoms with Crippen LogP contribution in [0.5, 0.6) is 0 Å². The summed E-state index contributed by atoms with van der Waals surface area (Å²) in [5.74, 6) is -0.0509. The smallest absolute Gasteiger partial charge is 0.225 e. The number of hydrogen-bond acceptors (Lipinski definition) is 4. The van der Waals surface area contributed by atoms with Crippen molar-refractivity contribution in [3.63, 3.8) is 0 Å². The first-order chi connectivity index (χ1) is 7.27. The molecular weight excluding hydrogens is 198 g/mol. The van der Waals surface area contributed by atoms with Crippen LogP contribution >= 0.6 is 0 Å². The van der Waals surface area contributed by atoms with Crippen molar-refractivity contribution in [3.8, 4) is 0 Å². The molecule has 1 atom stereocenters. The van der Waals surface area contributed by atoms with Gasteiger partial charge in [-0.15, -0.1) is 0 Å². The number of carbonyl (C=O) groups is 1. The molecule has 0 aliphatic carbocycles. The van der Waals surface area contributed by atoms with E-state index in [4.69, 9.17) is 14.9 Å². The van der Waals surface area contributed by atoms with Crippen LogP contribution in [0.15, 0.2) is 0 Å². The Morgan fingerprint density at radius 3 is 2.47 bits per heavy atom. The quantitative estimate of drug-likeness (QED) is 0.621. The van der Waals surface area contributed by atoms with Crippen LogP contribution in [-0.2, 0) is 9.53 Å². The molecule has 0 radical (unpaired) electrons. The molecule has 1 saturated heterocycles. The average molecular weight is 217 g/mol. The first-order valence-corrected chi connectivity index (χ1v) is 5.39. The Balaban J connectivity index is 2.33. The van der Waals surface area contributed by atoms with E-state index in [1.54, 1.807) is 0 Å². The second-order valence-electron chi connectivity index (χ2n) is 3.67. The molecule has 1 aliphatic rings. The highest BCUT2D eigenvalue weighted by molar-refractivity contribution is 5.76. The van der Waals surface area contributed by atoms with E-state index in [0.717, 1.165) is 19.4 Å². The Morgan fingerprint density at radius 1 is 1.33 bits per heavy atom. The predicted octanol–water partition coefficient (Wildman–Crippen LogP) is -0.631. The Labute approximate surface area is 89.6 Å². The molecule has 1 amide bonds. The number of nitrogens with zero attached hydrogens (tertiary/aromatic N) is 1.